The maximum atomic E-state index is 5.71. The Morgan fingerprint density at radius 2 is 2.32 bits per heavy atom. The van der Waals surface area contributed by atoms with Gasteiger partial charge in [0.1, 0.15) is 0 Å². The highest BCUT2D eigenvalue weighted by Gasteiger charge is 2.30. The summed E-state index contributed by atoms with van der Waals surface area (Å²) in [6, 6.07) is 0.254. The maximum absolute atomic E-state index is 5.71. The number of nitrogens with zero attached hydrogens (tertiary/aromatic N) is 1. The zero-order valence-electron chi connectivity index (χ0n) is 12.3. The Morgan fingerprint density at radius 1 is 1.58 bits per heavy atom. The molecule has 0 aromatic carbocycles. The van der Waals surface area contributed by atoms with E-state index >= 15 is 0 Å². The molecule has 19 heavy (non-hydrogen) atoms. The molecule has 2 rings (SSSR count). The number of nitrogens with one attached hydrogen (secondary N) is 1. The van der Waals surface area contributed by atoms with E-state index < -0.39 is 0 Å². The Bertz CT molecular complexity index is 413. The lowest BCUT2D eigenvalue weighted by atomic mass is 9.93. The van der Waals surface area contributed by atoms with Crippen LogP contribution in [0.5, 0.6) is 0 Å². The van der Waals surface area contributed by atoms with E-state index in [1.54, 1.807) is 11.3 Å². The zero-order chi connectivity index (χ0) is 14.0. The average molecular weight is 283 g/mol. The molecule has 3 unspecified atom stereocenters. The van der Waals surface area contributed by atoms with Gasteiger partial charge in [0.15, 0.2) is 0 Å². The second kappa shape index (κ2) is 5.87. The van der Waals surface area contributed by atoms with Crippen LogP contribution < -0.4 is 11.3 Å². The molecule has 108 valence electrons. The van der Waals surface area contributed by atoms with Crippen molar-refractivity contribution in [2.45, 2.75) is 58.1 Å². The maximum Gasteiger partial charge on any atom is 0.0944 e. The number of thiazole rings is 1. The number of ether oxygens (including phenoxy) is 1. The Morgan fingerprint density at radius 3 is 2.79 bits per heavy atom. The lowest BCUT2D eigenvalue weighted by Crippen LogP contribution is -2.42. The topological polar surface area (TPSA) is 60.2 Å². The number of hydrogen-bond acceptors (Lipinski definition) is 5. The van der Waals surface area contributed by atoms with Crippen LogP contribution in [0.1, 0.15) is 44.8 Å². The molecule has 1 fully saturated rings. The Labute approximate surface area is 119 Å². The fourth-order valence-corrected chi connectivity index (χ4v) is 3.51. The van der Waals surface area contributed by atoms with Crippen molar-refractivity contribution in [3.05, 3.63) is 16.1 Å². The number of hydrazine groups is 1. The van der Waals surface area contributed by atoms with Gasteiger partial charge in [-0.2, -0.15) is 0 Å². The Kier molecular flexibility index (Phi) is 4.61. The highest BCUT2D eigenvalue weighted by molar-refractivity contribution is 7.09. The smallest absolute Gasteiger partial charge is 0.0944 e. The molecule has 1 aliphatic heterocycles. The van der Waals surface area contributed by atoms with Gasteiger partial charge in [-0.05, 0) is 13.3 Å². The van der Waals surface area contributed by atoms with Crippen molar-refractivity contribution in [3.63, 3.8) is 0 Å². The first kappa shape index (κ1) is 14.9. The molecular formula is C14H25N3OS. The first-order chi connectivity index (χ1) is 8.90. The van der Waals surface area contributed by atoms with Crippen molar-refractivity contribution in [3.8, 4) is 0 Å². The minimum Gasteiger partial charge on any atom is -0.378 e. The second-order valence-electron chi connectivity index (χ2n) is 6.49. The highest BCUT2D eigenvalue weighted by atomic mass is 32.1. The molecule has 5 heteroatoms. The van der Waals surface area contributed by atoms with Crippen LogP contribution >= 0.6 is 11.3 Å². The van der Waals surface area contributed by atoms with Gasteiger partial charge in [-0.3, -0.25) is 11.3 Å². The fourth-order valence-electron chi connectivity index (χ4n) is 2.43. The lowest BCUT2D eigenvalue weighted by molar-refractivity contribution is 0.117. The van der Waals surface area contributed by atoms with Crippen LogP contribution in [0, 0.1) is 5.92 Å². The van der Waals surface area contributed by atoms with E-state index in [2.05, 4.69) is 38.5 Å². The molecule has 0 aliphatic carbocycles. The Hall–Kier alpha value is -0.490. The molecule has 1 aromatic rings. The van der Waals surface area contributed by atoms with Gasteiger partial charge in [0, 0.05) is 29.2 Å². The molecule has 2 heterocycles. The zero-order valence-corrected chi connectivity index (χ0v) is 13.1. The minimum absolute atomic E-state index is 0.116. The summed E-state index contributed by atoms with van der Waals surface area (Å²) >= 11 is 1.73. The van der Waals surface area contributed by atoms with Crippen LogP contribution in [0.4, 0.5) is 0 Å². The molecule has 3 N–H and O–H groups in total. The van der Waals surface area contributed by atoms with Crippen molar-refractivity contribution >= 4 is 11.3 Å². The molecule has 3 atom stereocenters. The van der Waals surface area contributed by atoms with E-state index in [-0.39, 0.29) is 11.5 Å². The summed E-state index contributed by atoms with van der Waals surface area (Å²) in [5.74, 6) is 6.20. The molecule has 0 radical (unpaired) electrons. The first-order valence-corrected chi connectivity index (χ1v) is 7.80. The van der Waals surface area contributed by atoms with E-state index in [0.717, 1.165) is 24.5 Å². The van der Waals surface area contributed by atoms with Gasteiger partial charge < -0.3 is 4.74 Å². The van der Waals surface area contributed by atoms with E-state index in [4.69, 9.17) is 15.6 Å². The minimum atomic E-state index is 0.116. The van der Waals surface area contributed by atoms with Crippen molar-refractivity contribution in [1.82, 2.24) is 10.4 Å². The van der Waals surface area contributed by atoms with Gasteiger partial charge in [-0.25, -0.2) is 4.98 Å². The van der Waals surface area contributed by atoms with E-state index in [1.807, 2.05) is 0 Å². The van der Waals surface area contributed by atoms with Gasteiger partial charge in [-0.15, -0.1) is 11.3 Å². The van der Waals surface area contributed by atoms with Gasteiger partial charge in [0.25, 0.3) is 0 Å². The van der Waals surface area contributed by atoms with Crippen LogP contribution in [-0.2, 0) is 16.6 Å². The van der Waals surface area contributed by atoms with Gasteiger partial charge in [0.2, 0.25) is 0 Å². The van der Waals surface area contributed by atoms with Crippen molar-refractivity contribution < 1.29 is 4.74 Å². The molecule has 1 saturated heterocycles. The largest absolute Gasteiger partial charge is 0.378 e. The quantitative estimate of drug-likeness (QED) is 0.657. The summed E-state index contributed by atoms with van der Waals surface area (Å²) in [7, 11) is 0. The van der Waals surface area contributed by atoms with Gasteiger partial charge in [-0.1, -0.05) is 20.8 Å². The van der Waals surface area contributed by atoms with Crippen molar-refractivity contribution in [1.29, 1.82) is 0 Å². The third kappa shape index (κ3) is 3.75. The molecule has 0 spiro atoms. The first-order valence-electron chi connectivity index (χ1n) is 6.92. The molecule has 1 aromatic heterocycles. The summed E-state index contributed by atoms with van der Waals surface area (Å²) in [5, 5.41) is 3.32. The normalized spacial score (nSPS) is 25.7. The van der Waals surface area contributed by atoms with E-state index in [0.29, 0.717) is 12.0 Å². The summed E-state index contributed by atoms with van der Waals surface area (Å²) in [6.07, 6.45) is 2.31. The van der Waals surface area contributed by atoms with E-state index in [9.17, 15) is 0 Å². The summed E-state index contributed by atoms with van der Waals surface area (Å²) in [4.78, 5) is 4.74. The van der Waals surface area contributed by atoms with Crippen LogP contribution in [0.25, 0.3) is 0 Å². The van der Waals surface area contributed by atoms with Crippen LogP contribution in [0.15, 0.2) is 5.38 Å². The van der Waals surface area contributed by atoms with Crippen LogP contribution in [0.2, 0.25) is 0 Å². The second-order valence-corrected chi connectivity index (χ2v) is 7.44. The predicted octanol–water partition coefficient (Wildman–Crippen LogP) is 2.24. The van der Waals surface area contributed by atoms with Crippen molar-refractivity contribution in [2.24, 2.45) is 11.8 Å². The average Bonchev–Trinajstić information content (AvgIpc) is 2.94. The van der Waals surface area contributed by atoms with E-state index in [1.165, 1.54) is 5.69 Å². The highest BCUT2D eigenvalue weighted by Crippen LogP contribution is 2.27. The SMILES string of the molecule is CC1CC(C(Cc2nc(C(C)(C)C)cs2)NN)CO1. The summed E-state index contributed by atoms with van der Waals surface area (Å²) in [6.45, 7) is 9.49. The molecule has 4 nitrogen and oxygen atoms in total. The number of aromatic nitrogens is 1. The van der Waals surface area contributed by atoms with Crippen molar-refractivity contribution in [2.75, 3.05) is 6.61 Å². The predicted molar refractivity (Wildman–Crippen MR) is 79.2 cm³/mol. The third-order valence-corrected chi connectivity index (χ3v) is 4.60. The summed E-state index contributed by atoms with van der Waals surface area (Å²) < 4.78 is 5.63. The molecule has 0 saturated carbocycles. The molecular weight excluding hydrogens is 258 g/mol. The van der Waals surface area contributed by atoms with Gasteiger partial charge in [0.05, 0.1) is 23.4 Å². The Balaban J connectivity index is 2.00. The standard InChI is InChI=1S/C14H25N3OS/c1-9-5-10(7-18-9)11(17-15)6-13-16-12(8-19-13)14(2,3)4/h8-11,17H,5-7,15H2,1-4H3. The van der Waals surface area contributed by atoms with Crippen LogP contribution in [-0.4, -0.2) is 23.7 Å². The summed E-state index contributed by atoms with van der Waals surface area (Å²) in [5.41, 5.74) is 4.23. The number of nitrogens with two attached hydrogens (primary N) is 1. The lowest BCUT2D eigenvalue weighted by Gasteiger charge is -2.20. The monoisotopic (exact) mass is 283 g/mol. The van der Waals surface area contributed by atoms with Crippen LogP contribution in [0.3, 0.4) is 0 Å². The third-order valence-electron chi connectivity index (χ3n) is 3.73. The molecule has 0 bridgehead atoms. The number of rotatable bonds is 4. The number of hydrogen-bond donors (Lipinski definition) is 2. The molecule has 1 aliphatic rings. The fraction of sp³-hybridized carbons (Fsp3) is 0.786. The molecule has 0 amide bonds. The van der Waals surface area contributed by atoms with Gasteiger partial charge >= 0.3 is 0 Å².